The molecular formula is C11H14ClN3. The van der Waals surface area contributed by atoms with E-state index in [0.717, 1.165) is 29.2 Å². The van der Waals surface area contributed by atoms with Gasteiger partial charge in [-0.25, -0.2) is 4.98 Å². The van der Waals surface area contributed by atoms with E-state index in [0.29, 0.717) is 6.54 Å². The minimum absolute atomic E-state index is 0.709. The van der Waals surface area contributed by atoms with Crippen LogP contribution in [-0.2, 0) is 6.42 Å². The molecule has 2 aromatic rings. The first-order valence-electron chi connectivity index (χ1n) is 5.05. The lowest BCUT2D eigenvalue weighted by molar-refractivity contribution is 0.796. The SMILES string of the molecule is Cc1nc2cc(Cl)ccn2c1CCCN. The van der Waals surface area contributed by atoms with Crippen LogP contribution >= 0.6 is 11.6 Å². The molecule has 0 radical (unpaired) electrons. The number of hydrogen-bond donors (Lipinski definition) is 1. The highest BCUT2D eigenvalue weighted by molar-refractivity contribution is 6.30. The van der Waals surface area contributed by atoms with Crippen molar-refractivity contribution in [1.29, 1.82) is 0 Å². The number of fused-ring (bicyclic) bond motifs is 1. The topological polar surface area (TPSA) is 43.3 Å². The Bertz CT molecular complexity index is 476. The smallest absolute Gasteiger partial charge is 0.138 e. The third-order valence-electron chi connectivity index (χ3n) is 2.51. The van der Waals surface area contributed by atoms with Crippen LogP contribution in [0.25, 0.3) is 5.65 Å². The molecule has 0 amide bonds. The summed E-state index contributed by atoms with van der Waals surface area (Å²) in [7, 11) is 0. The van der Waals surface area contributed by atoms with Crippen molar-refractivity contribution >= 4 is 17.2 Å². The van der Waals surface area contributed by atoms with Crippen LogP contribution in [0.2, 0.25) is 5.02 Å². The van der Waals surface area contributed by atoms with E-state index in [2.05, 4.69) is 9.38 Å². The normalized spacial score (nSPS) is 11.1. The highest BCUT2D eigenvalue weighted by Gasteiger charge is 2.07. The predicted molar refractivity (Wildman–Crippen MR) is 62.3 cm³/mol. The van der Waals surface area contributed by atoms with Gasteiger partial charge in [-0.2, -0.15) is 0 Å². The zero-order chi connectivity index (χ0) is 10.8. The van der Waals surface area contributed by atoms with Crippen LogP contribution < -0.4 is 5.73 Å². The third-order valence-corrected chi connectivity index (χ3v) is 2.74. The second-order valence-electron chi connectivity index (χ2n) is 3.61. The van der Waals surface area contributed by atoms with E-state index < -0.39 is 0 Å². The van der Waals surface area contributed by atoms with E-state index in [4.69, 9.17) is 17.3 Å². The summed E-state index contributed by atoms with van der Waals surface area (Å²) in [4.78, 5) is 4.46. The zero-order valence-electron chi connectivity index (χ0n) is 8.70. The molecule has 2 rings (SSSR count). The Hall–Kier alpha value is -1.06. The molecule has 15 heavy (non-hydrogen) atoms. The van der Waals surface area contributed by atoms with Crippen LogP contribution in [-0.4, -0.2) is 15.9 Å². The molecule has 2 N–H and O–H groups in total. The average Bonchev–Trinajstić information content (AvgIpc) is 2.50. The summed E-state index contributed by atoms with van der Waals surface area (Å²) in [5.74, 6) is 0. The number of pyridine rings is 1. The van der Waals surface area contributed by atoms with Gasteiger partial charge in [0.2, 0.25) is 0 Å². The van der Waals surface area contributed by atoms with Gasteiger partial charge in [-0.05, 0) is 32.4 Å². The van der Waals surface area contributed by atoms with Gasteiger partial charge < -0.3 is 10.1 Å². The number of hydrogen-bond acceptors (Lipinski definition) is 2. The molecular weight excluding hydrogens is 210 g/mol. The van der Waals surface area contributed by atoms with Gasteiger partial charge in [0.1, 0.15) is 5.65 Å². The molecule has 0 spiro atoms. The molecule has 2 heterocycles. The van der Waals surface area contributed by atoms with Crippen molar-refractivity contribution in [3.63, 3.8) is 0 Å². The number of nitrogens with zero attached hydrogens (tertiary/aromatic N) is 2. The minimum Gasteiger partial charge on any atom is -0.330 e. The van der Waals surface area contributed by atoms with Crippen molar-refractivity contribution < 1.29 is 0 Å². The summed E-state index contributed by atoms with van der Waals surface area (Å²) in [5.41, 5.74) is 8.71. The van der Waals surface area contributed by atoms with E-state index >= 15 is 0 Å². The van der Waals surface area contributed by atoms with Crippen LogP contribution in [0.5, 0.6) is 0 Å². The summed E-state index contributed by atoms with van der Waals surface area (Å²) >= 11 is 5.91. The first kappa shape index (κ1) is 10.5. The van der Waals surface area contributed by atoms with Crippen molar-refractivity contribution in [2.75, 3.05) is 6.54 Å². The monoisotopic (exact) mass is 223 g/mol. The standard InChI is InChI=1S/C11H14ClN3/c1-8-10(3-2-5-13)15-6-4-9(12)7-11(15)14-8/h4,6-7H,2-3,5,13H2,1H3. The maximum Gasteiger partial charge on any atom is 0.138 e. The van der Waals surface area contributed by atoms with E-state index in [9.17, 15) is 0 Å². The summed E-state index contributed by atoms with van der Waals surface area (Å²) in [5, 5.41) is 0.720. The molecule has 0 atom stereocenters. The fourth-order valence-electron chi connectivity index (χ4n) is 1.76. The van der Waals surface area contributed by atoms with Crippen molar-refractivity contribution in [3.05, 3.63) is 34.7 Å². The molecule has 0 saturated heterocycles. The second-order valence-corrected chi connectivity index (χ2v) is 4.05. The molecule has 0 unspecified atom stereocenters. The summed E-state index contributed by atoms with van der Waals surface area (Å²) in [6, 6.07) is 3.75. The van der Waals surface area contributed by atoms with Gasteiger partial charge in [0.15, 0.2) is 0 Å². The Morgan fingerprint density at radius 3 is 3.07 bits per heavy atom. The summed E-state index contributed by atoms with van der Waals surface area (Å²) in [6.45, 7) is 2.73. The fraction of sp³-hybridized carbons (Fsp3) is 0.364. The van der Waals surface area contributed by atoms with Gasteiger partial charge in [-0.1, -0.05) is 11.6 Å². The van der Waals surface area contributed by atoms with Gasteiger partial charge >= 0.3 is 0 Å². The lowest BCUT2D eigenvalue weighted by Crippen LogP contribution is -2.03. The van der Waals surface area contributed by atoms with Crippen LogP contribution in [0.3, 0.4) is 0 Å². The van der Waals surface area contributed by atoms with E-state index in [-0.39, 0.29) is 0 Å². The number of halogens is 1. The van der Waals surface area contributed by atoms with Gasteiger partial charge in [-0.3, -0.25) is 0 Å². The number of aromatic nitrogens is 2. The van der Waals surface area contributed by atoms with Crippen molar-refractivity contribution in [1.82, 2.24) is 9.38 Å². The number of rotatable bonds is 3. The molecule has 2 aromatic heterocycles. The van der Waals surface area contributed by atoms with Crippen LogP contribution in [0.15, 0.2) is 18.3 Å². The number of nitrogens with two attached hydrogens (primary N) is 1. The van der Waals surface area contributed by atoms with Gasteiger partial charge in [0.25, 0.3) is 0 Å². The van der Waals surface area contributed by atoms with Gasteiger partial charge in [-0.15, -0.1) is 0 Å². The molecule has 0 bridgehead atoms. The van der Waals surface area contributed by atoms with Crippen LogP contribution in [0, 0.1) is 6.92 Å². The fourth-order valence-corrected chi connectivity index (χ4v) is 1.91. The van der Waals surface area contributed by atoms with Gasteiger partial charge in [0.05, 0.1) is 5.69 Å². The largest absolute Gasteiger partial charge is 0.330 e. The first-order valence-corrected chi connectivity index (χ1v) is 5.43. The molecule has 3 nitrogen and oxygen atoms in total. The predicted octanol–water partition coefficient (Wildman–Crippen LogP) is 2.19. The lowest BCUT2D eigenvalue weighted by Gasteiger charge is -2.01. The lowest BCUT2D eigenvalue weighted by atomic mass is 10.2. The Balaban J connectivity index is 2.48. The molecule has 0 fully saturated rings. The maximum atomic E-state index is 5.91. The zero-order valence-corrected chi connectivity index (χ0v) is 9.46. The average molecular weight is 224 g/mol. The summed E-state index contributed by atoms with van der Waals surface area (Å²) < 4.78 is 2.08. The molecule has 0 saturated carbocycles. The number of aryl methyl sites for hydroxylation is 2. The Kier molecular flexibility index (Phi) is 2.93. The van der Waals surface area contributed by atoms with Crippen LogP contribution in [0.4, 0.5) is 0 Å². The molecule has 0 aliphatic carbocycles. The Morgan fingerprint density at radius 1 is 1.53 bits per heavy atom. The van der Waals surface area contributed by atoms with E-state index in [1.54, 1.807) is 0 Å². The quantitative estimate of drug-likeness (QED) is 0.867. The van der Waals surface area contributed by atoms with Crippen molar-refractivity contribution in [2.24, 2.45) is 5.73 Å². The second kappa shape index (κ2) is 4.21. The third kappa shape index (κ3) is 1.98. The van der Waals surface area contributed by atoms with Crippen LogP contribution in [0.1, 0.15) is 17.8 Å². The Labute approximate surface area is 93.9 Å². The minimum atomic E-state index is 0.709. The molecule has 80 valence electrons. The first-order chi connectivity index (χ1) is 7.22. The van der Waals surface area contributed by atoms with E-state index in [1.165, 1.54) is 5.69 Å². The summed E-state index contributed by atoms with van der Waals surface area (Å²) in [6.07, 6.45) is 3.91. The highest BCUT2D eigenvalue weighted by Crippen LogP contribution is 2.17. The Morgan fingerprint density at radius 2 is 2.33 bits per heavy atom. The molecule has 0 aliphatic heterocycles. The number of imidazole rings is 1. The van der Waals surface area contributed by atoms with Crippen molar-refractivity contribution in [3.8, 4) is 0 Å². The maximum absolute atomic E-state index is 5.91. The molecule has 0 aliphatic rings. The van der Waals surface area contributed by atoms with Crippen molar-refractivity contribution in [2.45, 2.75) is 19.8 Å². The van der Waals surface area contributed by atoms with E-state index in [1.807, 2.05) is 25.3 Å². The molecule has 4 heteroatoms. The highest BCUT2D eigenvalue weighted by atomic mass is 35.5. The molecule has 0 aromatic carbocycles. The van der Waals surface area contributed by atoms with Gasteiger partial charge in [0, 0.05) is 23.0 Å².